The van der Waals surface area contributed by atoms with E-state index in [9.17, 15) is 13.2 Å². The molecule has 0 unspecified atom stereocenters. The van der Waals surface area contributed by atoms with Crippen molar-refractivity contribution >= 4 is 38.6 Å². The Hall–Kier alpha value is -4.16. The molecular weight excluding hydrogens is 542 g/mol. The van der Waals surface area contributed by atoms with Gasteiger partial charge in [0.2, 0.25) is 11.9 Å². The third-order valence-corrected chi connectivity index (χ3v) is 7.97. The molecule has 5 rings (SSSR count). The number of nitrogens with one attached hydrogen (secondary N) is 3. The molecule has 0 spiro atoms. The molecule has 41 heavy (non-hydrogen) atoms. The number of aromatic nitrogens is 3. The van der Waals surface area contributed by atoms with Gasteiger partial charge in [-0.15, -0.1) is 5.10 Å². The van der Waals surface area contributed by atoms with Crippen molar-refractivity contribution < 1.29 is 17.9 Å². The number of hydrogen-bond donors (Lipinski definition) is 3. The molecule has 12 heteroatoms. The van der Waals surface area contributed by atoms with Crippen LogP contribution in [0.25, 0.3) is 16.8 Å². The summed E-state index contributed by atoms with van der Waals surface area (Å²) in [5, 5.41) is 13.7. The number of likely N-dealkylation sites (tertiary alicyclic amines) is 1. The number of amides is 1. The quantitative estimate of drug-likeness (QED) is 0.259. The highest BCUT2D eigenvalue weighted by Gasteiger charge is 2.23. The van der Waals surface area contributed by atoms with Gasteiger partial charge >= 0.3 is 0 Å². The van der Waals surface area contributed by atoms with Crippen LogP contribution in [-0.4, -0.2) is 79.7 Å². The number of anilines is 3. The summed E-state index contributed by atoms with van der Waals surface area (Å²) in [5.41, 5.74) is 5.07. The first-order valence-electron chi connectivity index (χ1n) is 13.5. The van der Waals surface area contributed by atoms with E-state index in [1.54, 1.807) is 24.9 Å². The predicted molar refractivity (Wildman–Crippen MR) is 161 cm³/mol. The lowest BCUT2D eigenvalue weighted by atomic mass is 9.89. The van der Waals surface area contributed by atoms with Crippen molar-refractivity contribution in [3.05, 3.63) is 66.4 Å². The van der Waals surface area contributed by atoms with Gasteiger partial charge in [0.1, 0.15) is 11.6 Å². The summed E-state index contributed by atoms with van der Waals surface area (Å²) >= 11 is 0. The standard InChI is InChI=1S/C29H35N7O4S/c1-30-28(37)18-35-14-12-20(13-15-35)21-8-10-25(27(16-21)40-2)33-29-31-17-22-9-11-26(36(22)34-29)23-6-4-5-7-24(23)32-19-41(3,38)39/h4-11,16-17,20,32H,12-15,18-19H2,1-3H3,(H,30,37)(H,33,34). The Bertz CT molecular complexity index is 1650. The molecular formula is C29H35N7O4S. The second-order valence-corrected chi connectivity index (χ2v) is 12.4. The first-order chi connectivity index (χ1) is 19.7. The highest BCUT2D eigenvalue weighted by molar-refractivity contribution is 7.90. The van der Waals surface area contributed by atoms with Crippen molar-refractivity contribution in [1.82, 2.24) is 24.8 Å². The molecule has 1 fully saturated rings. The number of hydrogen-bond acceptors (Lipinski definition) is 9. The third kappa shape index (κ3) is 6.77. The highest BCUT2D eigenvalue weighted by atomic mass is 32.2. The van der Waals surface area contributed by atoms with Crippen LogP contribution in [0, 0.1) is 0 Å². The number of ether oxygens (including phenoxy) is 1. The number of fused-ring (bicyclic) bond motifs is 1. The van der Waals surface area contributed by atoms with Crippen molar-refractivity contribution in [3.8, 4) is 17.0 Å². The summed E-state index contributed by atoms with van der Waals surface area (Å²) < 4.78 is 31.0. The number of sulfone groups is 1. The fraction of sp³-hybridized carbons (Fsp3) is 0.345. The number of carbonyl (C=O) groups excluding carboxylic acids is 1. The van der Waals surface area contributed by atoms with E-state index in [0.717, 1.165) is 48.4 Å². The molecule has 2 aromatic carbocycles. The number of methoxy groups -OCH3 is 1. The van der Waals surface area contributed by atoms with E-state index in [1.807, 2.05) is 42.5 Å². The van der Waals surface area contributed by atoms with Gasteiger partial charge < -0.3 is 20.7 Å². The zero-order valence-corrected chi connectivity index (χ0v) is 24.2. The number of carbonyl (C=O) groups is 1. The van der Waals surface area contributed by atoms with E-state index in [1.165, 1.54) is 11.8 Å². The second kappa shape index (κ2) is 12.1. The first kappa shape index (κ1) is 28.4. The summed E-state index contributed by atoms with van der Waals surface area (Å²) in [6.07, 6.45) is 4.88. The van der Waals surface area contributed by atoms with Gasteiger partial charge in [-0.1, -0.05) is 24.3 Å². The summed E-state index contributed by atoms with van der Waals surface area (Å²) in [6.45, 7) is 2.19. The average molecular weight is 578 g/mol. The van der Waals surface area contributed by atoms with Gasteiger partial charge in [0, 0.05) is 24.6 Å². The molecule has 1 aliphatic heterocycles. The Morgan fingerprint density at radius 1 is 1.07 bits per heavy atom. The number of benzene rings is 2. The maximum absolute atomic E-state index is 11.7. The Kier molecular flexibility index (Phi) is 8.41. The maximum Gasteiger partial charge on any atom is 0.245 e. The SMILES string of the molecule is CNC(=O)CN1CCC(c2ccc(Nc3ncc4ccc(-c5ccccc5NCS(C)(=O)=O)n4n3)c(OC)c2)CC1. The van der Waals surface area contributed by atoms with Crippen LogP contribution >= 0.6 is 0 Å². The van der Waals surface area contributed by atoms with E-state index in [-0.39, 0.29) is 11.8 Å². The molecule has 0 aliphatic carbocycles. The van der Waals surface area contributed by atoms with Crippen molar-refractivity contribution in [2.24, 2.45) is 0 Å². The molecule has 0 radical (unpaired) electrons. The monoisotopic (exact) mass is 577 g/mol. The minimum absolute atomic E-state index is 0.0424. The van der Waals surface area contributed by atoms with Crippen LogP contribution in [0.5, 0.6) is 5.75 Å². The van der Waals surface area contributed by atoms with Crippen LogP contribution in [0.3, 0.4) is 0 Å². The van der Waals surface area contributed by atoms with Crippen LogP contribution in [0.15, 0.2) is 60.8 Å². The topological polar surface area (TPSA) is 130 Å². The molecule has 1 amide bonds. The fourth-order valence-corrected chi connectivity index (χ4v) is 5.54. The molecule has 4 aromatic rings. The molecule has 3 N–H and O–H groups in total. The summed E-state index contributed by atoms with van der Waals surface area (Å²) in [6, 6.07) is 17.5. The van der Waals surface area contributed by atoms with Crippen LogP contribution in [-0.2, 0) is 14.6 Å². The zero-order valence-electron chi connectivity index (χ0n) is 23.4. The number of nitrogens with zero attached hydrogens (tertiary/aromatic N) is 4. The van der Waals surface area contributed by atoms with Crippen LogP contribution in [0.2, 0.25) is 0 Å². The van der Waals surface area contributed by atoms with E-state index in [0.29, 0.717) is 29.8 Å². The minimum atomic E-state index is -3.20. The molecule has 1 aliphatic rings. The first-order valence-corrected chi connectivity index (χ1v) is 15.5. The smallest absolute Gasteiger partial charge is 0.245 e. The number of rotatable bonds is 10. The Labute approximate surface area is 239 Å². The molecule has 1 saturated heterocycles. The van der Waals surface area contributed by atoms with Crippen molar-refractivity contribution in [1.29, 1.82) is 0 Å². The van der Waals surface area contributed by atoms with Gasteiger partial charge in [-0.2, -0.15) is 0 Å². The van der Waals surface area contributed by atoms with E-state index in [2.05, 4.69) is 38.0 Å². The highest BCUT2D eigenvalue weighted by Crippen LogP contribution is 2.35. The molecule has 2 aromatic heterocycles. The van der Waals surface area contributed by atoms with Gasteiger partial charge in [0.15, 0.2) is 9.84 Å². The normalized spacial score (nSPS) is 14.6. The molecule has 11 nitrogen and oxygen atoms in total. The van der Waals surface area contributed by atoms with Gasteiger partial charge in [-0.25, -0.2) is 17.9 Å². The minimum Gasteiger partial charge on any atom is -0.495 e. The van der Waals surface area contributed by atoms with Gasteiger partial charge in [-0.05, 0) is 67.7 Å². The average Bonchev–Trinajstić information content (AvgIpc) is 3.39. The Morgan fingerprint density at radius 2 is 1.85 bits per heavy atom. The van der Waals surface area contributed by atoms with Gasteiger partial charge in [-0.3, -0.25) is 9.69 Å². The lowest BCUT2D eigenvalue weighted by molar-refractivity contribution is -0.122. The third-order valence-electron chi connectivity index (χ3n) is 7.30. The largest absolute Gasteiger partial charge is 0.495 e. The van der Waals surface area contributed by atoms with E-state index < -0.39 is 9.84 Å². The summed E-state index contributed by atoms with van der Waals surface area (Å²) in [4.78, 5) is 18.4. The predicted octanol–water partition coefficient (Wildman–Crippen LogP) is 3.49. The summed E-state index contributed by atoms with van der Waals surface area (Å²) in [5.74, 6) is 1.36. The lowest BCUT2D eigenvalue weighted by Crippen LogP contribution is -2.40. The second-order valence-electron chi connectivity index (χ2n) is 10.2. The summed E-state index contributed by atoms with van der Waals surface area (Å²) in [7, 11) is 0.110. The maximum atomic E-state index is 11.7. The van der Waals surface area contributed by atoms with Crippen molar-refractivity contribution in [2.45, 2.75) is 18.8 Å². The molecule has 3 heterocycles. The van der Waals surface area contributed by atoms with Crippen molar-refractivity contribution in [2.75, 3.05) is 56.6 Å². The fourth-order valence-electron chi connectivity index (χ4n) is 5.12. The zero-order chi connectivity index (χ0) is 29.0. The van der Waals surface area contributed by atoms with Gasteiger partial charge in [0.25, 0.3) is 0 Å². The number of para-hydroxylation sites is 1. The lowest BCUT2D eigenvalue weighted by Gasteiger charge is -2.31. The number of piperidine rings is 1. The Morgan fingerprint density at radius 3 is 2.59 bits per heavy atom. The van der Waals surface area contributed by atoms with Crippen LogP contribution in [0.1, 0.15) is 24.3 Å². The van der Waals surface area contributed by atoms with E-state index in [4.69, 9.17) is 9.84 Å². The number of likely N-dealkylation sites (N-methyl/N-ethyl adjacent to an activating group) is 1. The van der Waals surface area contributed by atoms with Crippen molar-refractivity contribution in [3.63, 3.8) is 0 Å². The molecule has 0 bridgehead atoms. The molecule has 216 valence electrons. The molecule has 0 atom stereocenters. The Balaban J connectivity index is 1.35. The molecule has 0 saturated carbocycles. The van der Waals surface area contributed by atoms with Gasteiger partial charge in [0.05, 0.1) is 36.7 Å². The van der Waals surface area contributed by atoms with Crippen LogP contribution in [0.4, 0.5) is 17.3 Å². The van der Waals surface area contributed by atoms with E-state index >= 15 is 0 Å². The van der Waals surface area contributed by atoms with Crippen LogP contribution < -0.4 is 20.7 Å².